The number of hydrogen-bond acceptors (Lipinski definition) is 3. The lowest BCUT2D eigenvalue weighted by molar-refractivity contribution is 0.181. The van der Waals surface area contributed by atoms with E-state index in [4.69, 9.17) is 9.84 Å². The zero-order valence-corrected chi connectivity index (χ0v) is 15.8. The summed E-state index contributed by atoms with van der Waals surface area (Å²) in [7, 11) is 0. The number of fused-ring (bicyclic) bond motifs is 1. The third-order valence-corrected chi connectivity index (χ3v) is 4.89. The Labute approximate surface area is 161 Å². The van der Waals surface area contributed by atoms with E-state index < -0.39 is 0 Å². The lowest BCUT2D eigenvalue weighted by Gasteiger charge is -2.25. The van der Waals surface area contributed by atoms with E-state index in [0.29, 0.717) is 6.61 Å². The van der Waals surface area contributed by atoms with Gasteiger partial charge in [0.1, 0.15) is 6.61 Å². The molecule has 4 rings (SSSR count). The summed E-state index contributed by atoms with van der Waals surface area (Å²) in [6.07, 6.45) is 4.00. The number of aromatic nitrogens is 2. The van der Waals surface area contributed by atoms with Gasteiger partial charge in [-0.25, -0.2) is 0 Å². The van der Waals surface area contributed by atoms with Gasteiger partial charge < -0.3 is 4.74 Å². The van der Waals surface area contributed by atoms with E-state index in [0.717, 1.165) is 29.9 Å². The van der Waals surface area contributed by atoms with Gasteiger partial charge in [-0.2, -0.15) is 0 Å². The highest BCUT2D eigenvalue weighted by Gasteiger charge is 2.13. The summed E-state index contributed by atoms with van der Waals surface area (Å²) in [4.78, 5) is 2.49. The molecule has 1 aromatic heterocycles. The van der Waals surface area contributed by atoms with Gasteiger partial charge in [-0.3, -0.25) is 9.58 Å². The highest BCUT2D eigenvalue weighted by molar-refractivity contribution is 5.85. The van der Waals surface area contributed by atoms with Crippen LogP contribution in [0.25, 0.3) is 10.9 Å². The fraction of sp³-hybridized carbons (Fsp3) is 0.381. The standard InChI is InChI=1S/C21H25N3O.ClH/c1-3-9-18(10-4-1)17-24-20-12-6-5-11-19(20)21(22-24)25-16-15-23-13-7-2-8-14-23;/h1,3-6,9-12H,2,7-8,13-17H2;1H. The number of piperidine rings is 1. The number of hydrogen-bond donors (Lipinski definition) is 0. The van der Waals surface area contributed by atoms with Crippen LogP contribution in [0.2, 0.25) is 0 Å². The van der Waals surface area contributed by atoms with Crippen molar-refractivity contribution in [3.63, 3.8) is 0 Å². The zero-order chi connectivity index (χ0) is 16.9. The smallest absolute Gasteiger partial charge is 0.240 e. The molecule has 5 heteroatoms. The van der Waals surface area contributed by atoms with E-state index in [2.05, 4.69) is 47.4 Å². The van der Waals surface area contributed by atoms with Crippen molar-refractivity contribution in [1.82, 2.24) is 14.7 Å². The number of likely N-dealkylation sites (tertiary alicyclic amines) is 1. The molecule has 4 nitrogen and oxygen atoms in total. The first kappa shape index (κ1) is 18.7. The average molecular weight is 372 g/mol. The monoisotopic (exact) mass is 371 g/mol. The molecule has 2 heterocycles. The fourth-order valence-electron chi connectivity index (χ4n) is 3.53. The molecule has 1 fully saturated rings. The predicted octanol–water partition coefficient (Wildman–Crippen LogP) is 4.37. The Hall–Kier alpha value is -2.04. The molecule has 0 aliphatic carbocycles. The number of para-hydroxylation sites is 1. The second kappa shape index (κ2) is 9.06. The number of nitrogens with zero attached hydrogens (tertiary/aromatic N) is 3. The fourth-order valence-corrected chi connectivity index (χ4v) is 3.53. The van der Waals surface area contributed by atoms with Crippen molar-refractivity contribution < 1.29 is 4.74 Å². The Morgan fingerprint density at radius 2 is 1.62 bits per heavy atom. The maximum Gasteiger partial charge on any atom is 0.240 e. The van der Waals surface area contributed by atoms with Gasteiger partial charge in [0.2, 0.25) is 5.88 Å². The van der Waals surface area contributed by atoms with E-state index >= 15 is 0 Å². The Morgan fingerprint density at radius 3 is 2.42 bits per heavy atom. The van der Waals surface area contributed by atoms with E-state index in [1.165, 1.54) is 37.9 Å². The Balaban J connectivity index is 0.00000196. The SMILES string of the molecule is Cl.c1ccc(Cn2nc(OCCN3CCCCC3)c3ccccc32)cc1. The van der Waals surface area contributed by atoms with Crippen molar-refractivity contribution in [2.45, 2.75) is 25.8 Å². The van der Waals surface area contributed by atoms with Crippen LogP contribution in [-0.2, 0) is 6.54 Å². The maximum atomic E-state index is 6.07. The van der Waals surface area contributed by atoms with Gasteiger partial charge in [0.15, 0.2) is 0 Å². The summed E-state index contributed by atoms with van der Waals surface area (Å²) in [5.74, 6) is 0.753. The molecule has 1 aliphatic heterocycles. The van der Waals surface area contributed by atoms with E-state index in [9.17, 15) is 0 Å². The summed E-state index contributed by atoms with van der Waals surface area (Å²) < 4.78 is 8.11. The molecule has 0 spiro atoms. The molecule has 0 radical (unpaired) electrons. The molecule has 3 aromatic rings. The van der Waals surface area contributed by atoms with Gasteiger partial charge in [0, 0.05) is 6.54 Å². The van der Waals surface area contributed by atoms with Crippen molar-refractivity contribution >= 4 is 23.3 Å². The van der Waals surface area contributed by atoms with Gasteiger partial charge in [-0.05, 0) is 43.6 Å². The molecule has 1 saturated heterocycles. The third-order valence-electron chi connectivity index (χ3n) is 4.89. The van der Waals surface area contributed by atoms with Crippen LogP contribution >= 0.6 is 12.4 Å². The van der Waals surface area contributed by atoms with E-state index in [1.54, 1.807) is 0 Å². The normalized spacial score (nSPS) is 14.9. The lowest BCUT2D eigenvalue weighted by atomic mass is 10.1. The Bertz CT molecular complexity index is 812. The van der Waals surface area contributed by atoms with Crippen LogP contribution in [0.5, 0.6) is 5.88 Å². The average Bonchev–Trinajstić information content (AvgIpc) is 3.01. The number of rotatable bonds is 6. The van der Waals surface area contributed by atoms with E-state index in [-0.39, 0.29) is 12.4 Å². The highest BCUT2D eigenvalue weighted by atomic mass is 35.5. The molecule has 0 atom stereocenters. The largest absolute Gasteiger partial charge is 0.475 e. The summed E-state index contributed by atoms with van der Waals surface area (Å²) in [6, 6.07) is 18.8. The maximum absolute atomic E-state index is 6.07. The summed E-state index contributed by atoms with van der Waals surface area (Å²) in [5.41, 5.74) is 2.37. The van der Waals surface area contributed by atoms with Crippen LogP contribution in [0.1, 0.15) is 24.8 Å². The number of halogens is 1. The molecule has 0 amide bonds. The van der Waals surface area contributed by atoms with Crippen LogP contribution in [0, 0.1) is 0 Å². The molecular weight excluding hydrogens is 346 g/mol. The summed E-state index contributed by atoms with van der Waals surface area (Å²) in [5, 5.41) is 5.84. The third kappa shape index (κ3) is 4.37. The van der Waals surface area contributed by atoms with Crippen LogP contribution in [0.4, 0.5) is 0 Å². The minimum Gasteiger partial charge on any atom is -0.475 e. The van der Waals surface area contributed by atoms with Crippen molar-refractivity contribution in [3.8, 4) is 5.88 Å². The first-order chi connectivity index (χ1) is 12.4. The van der Waals surface area contributed by atoms with Crippen molar-refractivity contribution in [3.05, 3.63) is 60.2 Å². The molecular formula is C21H26ClN3O. The first-order valence-corrected chi connectivity index (χ1v) is 9.25. The van der Waals surface area contributed by atoms with Crippen LogP contribution in [0.3, 0.4) is 0 Å². The van der Waals surface area contributed by atoms with Crippen molar-refractivity contribution in [2.75, 3.05) is 26.2 Å². The first-order valence-electron chi connectivity index (χ1n) is 9.25. The molecule has 1 aliphatic rings. The zero-order valence-electron chi connectivity index (χ0n) is 15.0. The van der Waals surface area contributed by atoms with Gasteiger partial charge in [-0.1, -0.05) is 48.9 Å². The van der Waals surface area contributed by atoms with Crippen molar-refractivity contribution in [2.24, 2.45) is 0 Å². The summed E-state index contributed by atoms with van der Waals surface area (Å²) >= 11 is 0. The molecule has 0 bridgehead atoms. The van der Waals surface area contributed by atoms with Crippen molar-refractivity contribution in [1.29, 1.82) is 0 Å². The summed E-state index contributed by atoms with van der Waals surface area (Å²) in [6.45, 7) is 4.85. The minimum atomic E-state index is 0. The van der Waals surface area contributed by atoms with E-state index in [1.807, 2.05) is 16.8 Å². The molecule has 2 aromatic carbocycles. The van der Waals surface area contributed by atoms with Crippen LogP contribution in [-0.4, -0.2) is 40.9 Å². The molecule has 138 valence electrons. The topological polar surface area (TPSA) is 30.3 Å². The van der Waals surface area contributed by atoms with Gasteiger partial charge in [0.25, 0.3) is 0 Å². The predicted molar refractivity (Wildman–Crippen MR) is 108 cm³/mol. The molecule has 0 unspecified atom stereocenters. The quantitative estimate of drug-likeness (QED) is 0.644. The Morgan fingerprint density at radius 1 is 0.885 bits per heavy atom. The highest BCUT2D eigenvalue weighted by Crippen LogP contribution is 2.25. The second-order valence-corrected chi connectivity index (χ2v) is 6.72. The van der Waals surface area contributed by atoms with Crippen LogP contribution < -0.4 is 4.74 Å². The van der Waals surface area contributed by atoms with Crippen LogP contribution in [0.15, 0.2) is 54.6 Å². The molecule has 26 heavy (non-hydrogen) atoms. The lowest BCUT2D eigenvalue weighted by Crippen LogP contribution is -2.33. The molecule has 0 N–H and O–H groups in total. The minimum absolute atomic E-state index is 0. The number of benzene rings is 2. The van der Waals surface area contributed by atoms with Gasteiger partial charge >= 0.3 is 0 Å². The van der Waals surface area contributed by atoms with Gasteiger partial charge in [0.05, 0.1) is 17.4 Å². The second-order valence-electron chi connectivity index (χ2n) is 6.72. The Kier molecular flexibility index (Phi) is 6.53. The van der Waals surface area contributed by atoms with Gasteiger partial charge in [-0.15, -0.1) is 17.5 Å². The molecule has 0 saturated carbocycles. The number of ether oxygens (including phenoxy) is 1.